The van der Waals surface area contributed by atoms with Crippen LogP contribution in [-0.4, -0.2) is 36.3 Å². The van der Waals surface area contributed by atoms with Crippen molar-refractivity contribution in [3.05, 3.63) is 24.3 Å². The molecule has 1 aromatic carbocycles. The average molecular weight is 295 g/mol. The number of primary amides is 1. The largest absolute Gasteiger partial charge is 0.379 e. The van der Waals surface area contributed by atoms with E-state index in [-0.39, 0.29) is 18.3 Å². The Morgan fingerprint density at radius 3 is 2.80 bits per heavy atom. The molecular weight excluding hydrogens is 278 g/mol. The molecule has 7 heteroatoms. The number of amides is 2. The molecule has 1 aliphatic heterocycles. The van der Waals surface area contributed by atoms with E-state index in [1.165, 1.54) is 11.8 Å². The molecule has 2 rings (SSSR count). The summed E-state index contributed by atoms with van der Waals surface area (Å²) in [6, 6.07) is 7.21. The van der Waals surface area contributed by atoms with Crippen LogP contribution < -0.4 is 16.8 Å². The van der Waals surface area contributed by atoms with Crippen molar-refractivity contribution < 1.29 is 14.3 Å². The van der Waals surface area contributed by atoms with Crippen LogP contribution >= 0.6 is 11.8 Å². The van der Waals surface area contributed by atoms with Crippen LogP contribution in [0.4, 0.5) is 5.69 Å². The molecule has 0 radical (unpaired) electrons. The number of thioether (sulfide) groups is 1. The van der Waals surface area contributed by atoms with E-state index < -0.39 is 11.4 Å². The zero-order valence-electron chi connectivity index (χ0n) is 10.9. The quantitative estimate of drug-likeness (QED) is 0.678. The van der Waals surface area contributed by atoms with Gasteiger partial charge < -0.3 is 21.5 Å². The molecule has 6 nitrogen and oxygen atoms in total. The highest BCUT2D eigenvalue weighted by Gasteiger charge is 2.38. The Hall–Kier alpha value is -1.57. The molecular formula is C13H17N3O3S. The minimum absolute atomic E-state index is 0.157. The van der Waals surface area contributed by atoms with E-state index in [1.807, 2.05) is 12.1 Å². The smallest absolute Gasteiger partial charge is 0.246 e. The predicted octanol–water partition coefficient (Wildman–Crippen LogP) is 0.320. The van der Waals surface area contributed by atoms with Crippen molar-refractivity contribution in [3.63, 3.8) is 0 Å². The van der Waals surface area contributed by atoms with Crippen LogP contribution in [0.2, 0.25) is 0 Å². The van der Waals surface area contributed by atoms with E-state index in [2.05, 4.69) is 5.32 Å². The summed E-state index contributed by atoms with van der Waals surface area (Å²) in [6.45, 7) is 0.706. The Morgan fingerprint density at radius 2 is 2.15 bits per heavy atom. The van der Waals surface area contributed by atoms with Crippen LogP contribution in [0.1, 0.15) is 6.42 Å². The number of benzene rings is 1. The summed E-state index contributed by atoms with van der Waals surface area (Å²) in [5, 5.41) is 2.80. The summed E-state index contributed by atoms with van der Waals surface area (Å²) in [5.74, 6) is -0.526. The zero-order valence-corrected chi connectivity index (χ0v) is 11.7. The number of anilines is 1. The monoisotopic (exact) mass is 295 g/mol. The second kappa shape index (κ2) is 6.25. The summed E-state index contributed by atoms with van der Waals surface area (Å²) in [5.41, 5.74) is 10.8. The number of hydrogen-bond acceptors (Lipinski definition) is 5. The Labute approximate surface area is 121 Å². The third-order valence-corrected chi connectivity index (χ3v) is 4.11. The Kier molecular flexibility index (Phi) is 4.64. The first-order valence-electron chi connectivity index (χ1n) is 6.19. The predicted molar refractivity (Wildman–Crippen MR) is 77.3 cm³/mol. The molecule has 0 aliphatic carbocycles. The number of hydrogen-bond donors (Lipinski definition) is 3. The van der Waals surface area contributed by atoms with Crippen molar-refractivity contribution in [3.8, 4) is 0 Å². The third kappa shape index (κ3) is 3.50. The number of ether oxygens (including phenoxy) is 1. The molecule has 1 aliphatic rings. The molecule has 0 bridgehead atoms. The highest BCUT2D eigenvalue weighted by Crippen LogP contribution is 2.28. The van der Waals surface area contributed by atoms with Crippen molar-refractivity contribution in [2.45, 2.75) is 16.9 Å². The molecule has 20 heavy (non-hydrogen) atoms. The summed E-state index contributed by atoms with van der Waals surface area (Å²) in [7, 11) is 0. The van der Waals surface area contributed by atoms with Gasteiger partial charge in [-0.3, -0.25) is 9.59 Å². The van der Waals surface area contributed by atoms with Gasteiger partial charge in [0.2, 0.25) is 11.8 Å². The van der Waals surface area contributed by atoms with E-state index in [9.17, 15) is 9.59 Å². The van der Waals surface area contributed by atoms with Gasteiger partial charge in [0.1, 0.15) is 5.54 Å². The lowest BCUT2D eigenvalue weighted by atomic mass is 9.99. The number of carbonyl (C=O) groups excluding carboxylic acids is 2. The van der Waals surface area contributed by atoms with E-state index in [0.29, 0.717) is 18.7 Å². The molecule has 0 spiro atoms. The van der Waals surface area contributed by atoms with Crippen molar-refractivity contribution in [2.75, 3.05) is 24.3 Å². The maximum atomic E-state index is 12.2. The van der Waals surface area contributed by atoms with Crippen LogP contribution in [0.25, 0.3) is 0 Å². The molecule has 2 amide bonds. The zero-order chi connectivity index (χ0) is 14.6. The van der Waals surface area contributed by atoms with Gasteiger partial charge in [-0.05, 0) is 18.6 Å². The molecule has 108 valence electrons. The highest BCUT2D eigenvalue weighted by molar-refractivity contribution is 8.00. The fourth-order valence-corrected chi connectivity index (χ4v) is 2.60. The van der Waals surface area contributed by atoms with Gasteiger partial charge in [0.05, 0.1) is 18.0 Å². The van der Waals surface area contributed by atoms with Crippen molar-refractivity contribution in [1.29, 1.82) is 0 Å². The molecule has 1 atom stereocenters. The van der Waals surface area contributed by atoms with Gasteiger partial charge in [-0.15, -0.1) is 11.8 Å². The molecule has 1 heterocycles. The summed E-state index contributed by atoms with van der Waals surface area (Å²) in [4.78, 5) is 23.8. The minimum atomic E-state index is -0.985. The van der Waals surface area contributed by atoms with E-state index >= 15 is 0 Å². The van der Waals surface area contributed by atoms with Gasteiger partial charge in [-0.1, -0.05) is 12.1 Å². The Balaban J connectivity index is 2.08. The van der Waals surface area contributed by atoms with Gasteiger partial charge in [-0.25, -0.2) is 0 Å². The first-order chi connectivity index (χ1) is 9.51. The average Bonchev–Trinajstić information content (AvgIpc) is 2.86. The number of para-hydroxylation sites is 1. The van der Waals surface area contributed by atoms with Gasteiger partial charge in [0.25, 0.3) is 0 Å². The standard InChI is InChI=1S/C13H17N3O3S/c14-11(17)7-20-10-4-2-1-3-9(10)16-12(18)13(15)5-6-19-8-13/h1-4H,5-8,15H2,(H2,14,17)(H,16,18). The van der Waals surface area contributed by atoms with E-state index in [4.69, 9.17) is 16.2 Å². The number of rotatable bonds is 5. The van der Waals surface area contributed by atoms with Crippen molar-refractivity contribution in [2.24, 2.45) is 11.5 Å². The summed E-state index contributed by atoms with van der Waals surface area (Å²) < 4.78 is 5.18. The lowest BCUT2D eigenvalue weighted by Crippen LogP contribution is -2.51. The first kappa shape index (κ1) is 14.8. The normalized spacial score (nSPS) is 21.6. The topological polar surface area (TPSA) is 107 Å². The molecule has 5 N–H and O–H groups in total. The fraction of sp³-hybridized carbons (Fsp3) is 0.385. The maximum absolute atomic E-state index is 12.2. The lowest BCUT2D eigenvalue weighted by molar-refractivity contribution is -0.121. The SMILES string of the molecule is NC(=O)CSc1ccccc1NC(=O)C1(N)CCOC1. The first-order valence-corrected chi connectivity index (χ1v) is 7.18. The second-order valence-corrected chi connectivity index (χ2v) is 5.68. The van der Waals surface area contributed by atoms with Gasteiger partial charge in [-0.2, -0.15) is 0 Å². The molecule has 1 fully saturated rings. The van der Waals surface area contributed by atoms with Gasteiger partial charge in [0.15, 0.2) is 0 Å². The van der Waals surface area contributed by atoms with Crippen LogP contribution in [-0.2, 0) is 14.3 Å². The molecule has 0 aromatic heterocycles. The van der Waals surface area contributed by atoms with Crippen LogP contribution in [0.15, 0.2) is 29.2 Å². The number of nitrogens with two attached hydrogens (primary N) is 2. The second-order valence-electron chi connectivity index (χ2n) is 4.66. The number of nitrogens with one attached hydrogen (secondary N) is 1. The minimum Gasteiger partial charge on any atom is -0.379 e. The van der Waals surface area contributed by atoms with Crippen molar-refractivity contribution in [1.82, 2.24) is 0 Å². The lowest BCUT2D eigenvalue weighted by Gasteiger charge is -2.21. The van der Waals surface area contributed by atoms with Crippen molar-refractivity contribution >= 4 is 29.3 Å². The molecule has 1 aromatic rings. The van der Waals surface area contributed by atoms with Crippen LogP contribution in [0.5, 0.6) is 0 Å². The van der Waals surface area contributed by atoms with Gasteiger partial charge in [0, 0.05) is 11.5 Å². The highest BCUT2D eigenvalue weighted by atomic mass is 32.2. The summed E-state index contributed by atoms with van der Waals surface area (Å²) in [6.07, 6.45) is 0.495. The summed E-state index contributed by atoms with van der Waals surface area (Å²) >= 11 is 1.28. The van der Waals surface area contributed by atoms with Crippen LogP contribution in [0, 0.1) is 0 Å². The Morgan fingerprint density at radius 1 is 1.40 bits per heavy atom. The number of carbonyl (C=O) groups is 2. The van der Waals surface area contributed by atoms with Gasteiger partial charge >= 0.3 is 0 Å². The van der Waals surface area contributed by atoms with Crippen LogP contribution in [0.3, 0.4) is 0 Å². The van der Waals surface area contributed by atoms with E-state index in [1.54, 1.807) is 12.1 Å². The molecule has 0 saturated carbocycles. The molecule has 1 saturated heterocycles. The maximum Gasteiger partial charge on any atom is 0.246 e. The third-order valence-electron chi connectivity index (χ3n) is 3.01. The fourth-order valence-electron chi connectivity index (χ4n) is 1.85. The Bertz CT molecular complexity index is 515. The molecule has 1 unspecified atom stereocenters. The van der Waals surface area contributed by atoms with E-state index in [0.717, 1.165) is 4.90 Å².